The van der Waals surface area contributed by atoms with E-state index in [1.54, 1.807) is 42.5 Å². The summed E-state index contributed by atoms with van der Waals surface area (Å²) in [6.07, 6.45) is 0. The third-order valence-corrected chi connectivity index (χ3v) is 6.59. The van der Waals surface area contributed by atoms with Gasteiger partial charge >= 0.3 is 0 Å². The van der Waals surface area contributed by atoms with Gasteiger partial charge in [-0.25, -0.2) is 8.42 Å². The minimum atomic E-state index is -4.15. The van der Waals surface area contributed by atoms with Gasteiger partial charge in [0.05, 0.1) is 15.6 Å². The molecule has 0 saturated carbocycles. The van der Waals surface area contributed by atoms with Gasteiger partial charge in [0.25, 0.3) is 15.9 Å². The van der Waals surface area contributed by atoms with Crippen LogP contribution in [0.1, 0.15) is 11.1 Å². The summed E-state index contributed by atoms with van der Waals surface area (Å²) >= 11 is 11.9. The van der Waals surface area contributed by atoms with Gasteiger partial charge in [0.1, 0.15) is 5.75 Å². The van der Waals surface area contributed by atoms with E-state index in [9.17, 15) is 13.2 Å². The first-order chi connectivity index (χ1) is 14.2. The number of aryl methyl sites for hydroxylation is 2. The highest BCUT2D eigenvalue weighted by Gasteiger charge is 2.31. The molecule has 30 heavy (non-hydrogen) atoms. The minimum Gasteiger partial charge on any atom is -0.482 e. The summed E-state index contributed by atoms with van der Waals surface area (Å²) in [5.41, 5.74) is 2.06. The number of hydrogen-bond acceptors (Lipinski definition) is 4. The van der Waals surface area contributed by atoms with E-state index in [4.69, 9.17) is 27.9 Å². The van der Waals surface area contributed by atoms with Crippen LogP contribution in [-0.2, 0) is 14.8 Å². The number of benzene rings is 3. The number of carbonyl (C=O) groups is 1. The average Bonchev–Trinajstić information content (AvgIpc) is 2.69. The first-order valence-electron chi connectivity index (χ1n) is 8.98. The number of carbonyl (C=O) groups excluding carboxylic acids is 1. The van der Waals surface area contributed by atoms with E-state index in [2.05, 4.69) is 0 Å². The van der Waals surface area contributed by atoms with E-state index in [0.29, 0.717) is 5.02 Å². The molecule has 0 aliphatic heterocycles. The maximum atomic E-state index is 13.3. The third kappa shape index (κ3) is 4.95. The van der Waals surface area contributed by atoms with Crippen LogP contribution in [-0.4, -0.2) is 20.9 Å². The van der Waals surface area contributed by atoms with Gasteiger partial charge in [-0.3, -0.25) is 4.79 Å². The van der Waals surface area contributed by atoms with Crippen LogP contribution in [0.15, 0.2) is 71.6 Å². The second kappa shape index (κ2) is 9.08. The van der Waals surface area contributed by atoms with E-state index in [-0.39, 0.29) is 21.4 Å². The van der Waals surface area contributed by atoms with E-state index in [1.807, 2.05) is 13.8 Å². The molecule has 3 rings (SSSR count). The molecule has 0 aliphatic rings. The smallest absolute Gasteiger partial charge is 0.278 e. The molecule has 8 heteroatoms. The van der Waals surface area contributed by atoms with Crippen LogP contribution in [0.5, 0.6) is 5.75 Å². The van der Waals surface area contributed by atoms with Crippen molar-refractivity contribution in [1.29, 1.82) is 0 Å². The molecular weight excluding hydrogens is 445 g/mol. The highest BCUT2D eigenvalue weighted by molar-refractivity contribution is 7.93. The summed E-state index contributed by atoms with van der Waals surface area (Å²) in [4.78, 5) is 13.0. The molecule has 0 aliphatic carbocycles. The fourth-order valence-corrected chi connectivity index (χ4v) is 4.58. The van der Waals surface area contributed by atoms with Crippen molar-refractivity contribution in [2.45, 2.75) is 18.7 Å². The number of amides is 1. The number of rotatable bonds is 6. The zero-order chi connectivity index (χ0) is 21.9. The lowest BCUT2D eigenvalue weighted by Crippen LogP contribution is -2.40. The normalized spacial score (nSPS) is 11.2. The Kier molecular flexibility index (Phi) is 6.71. The predicted octanol–water partition coefficient (Wildman–Crippen LogP) is 5.41. The van der Waals surface area contributed by atoms with Crippen molar-refractivity contribution in [3.8, 4) is 5.75 Å². The van der Waals surface area contributed by atoms with Gasteiger partial charge in [-0.15, -0.1) is 0 Å². The molecule has 0 bridgehead atoms. The lowest BCUT2D eigenvalue weighted by molar-refractivity contribution is -0.119. The van der Waals surface area contributed by atoms with Crippen molar-refractivity contribution in [3.05, 3.63) is 87.9 Å². The van der Waals surface area contributed by atoms with Gasteiger partial charge in [0.15, 0.2) is 6.61 Å². The molecule has 1 amide bonds. The van der Waals surface area contributed by atoms with Gasteiger partial charge in [-0.05, 0) is 56.3 Å². The van der Waals surface area contributed by atoms with Crippen molar-refractivity contribution in [3.63, 3.8) is 0 Å². The second-order valence-electron chi connectivity index (χ2n) is 6.68. The van der Waals surface area contributed by atoms with Crippen LogP contribution in [0.4, 0.5) is 5.69 Å². The van der Waals surface area contributed by atoms with Crippen LogP contribution in [0.25, 0.3) is 0 Å². The van der Waals surface area contributed by atoms with Crippen molar-refractivity contribution >= 4 is 44.8 Å². The molecule has 0 fully saturated rings. The van der Waals surface area contributed by atoms with Crippen molar-refractivity contribution in [1.82, 2.24) is 0 Å². The Morgan fingerprint density at radius 2 is 1.47 bits per heavy atom. The Labute approximate surface area is 185 Å². The molecule has 0 unspecified atom stereocenters. The largest absolute Gasteiger partial charge is 0.482 e. The van der Waals surface area contributed by atoms with Crippen LogP contribution in [0.3, 0.4) is 0 Å². The highest BCUT2D eigenvalue weighted by atomic mass is 35.5. The summed E-state index contributed by atoms with van der Waals surface area (Å²) in [6.45, 7) is 3.19. The number of halogens is 2. The van der Waals surface area contributed by atoms with Crippen molar-refractivity contribution in [2.75, 3.05) is 10.9 Å². The van der Waals surface area contributed by atoms with E-state index in [1.165, 1.54) is 24.3 Å². The van der Waals surface area contributed by atoms with E-state index < -0.39 is 22.5 Å². The zero-order valence-corrected chi connectivity index (χ0v) is 18.6. The molecule has 0 spiro atoms. The SMILES string of the molecule is Cc1ccc(N(C(=O)COc2ccc(Cl)cc2Cl)S(=O)(=O)c2ccc(C)cc2)cc1. The average molecular weight is 464 g/mol. The first-order valence-corrected chi connectivity index (χ1v) is 11.2. The molecule has 3 aromatic carbocycles. The number of sulfonamides is 1. The highest BCUT2D eigenvalue weighted by Crippen LogP contribution is 2.29. The molecular formula is C22H19Cl2NO4S. The van der Waals surface area contributed by atoms with E-state index >= 15 is 0 Å². The van der Waals surface area contributed by atoms with Gasteiger partial charge in [-0.1, -0.05) is 58.6 Å². The van der Waals surface area contributed by atoms with Gasteiger partial charge < -0.3 is 4.74 Å². The van der Waals surface area contributed by atoms with Crippen molar-refractivity contribution < 1.29 is 17.9 Å². The quantitative estimate of drug-likeness (QED) is 0.489. The van der Waals surface area contributed by atoms with Crippen LogP contribution in [0.2, 0.25) is 10.0 Å². The Balaban J connectivity index is 1.95. The molecule has 0 aromatic heterocycles. The lowest BCUT2D eigenvalue weighted by atomic mass is 10.2. The minimum absolute atomic E-state index is 0.00607. The molecule has 5 nitrogen and oxygen atoms in total. The Hall–Kier alpha value is -2.54. The fraction of sp³-hybridized carbons (Fsp3) is 0.136. The first kappa shape index (κ1) is 22.2. The number of hydrogen-bond donors (Lipinski definition) is 0. The maximum Gasteiger partial charge on any atom is 0.278 e. The Morgan fingerprint density at radius 1 is 0.900 bits per heavy atom. The summed E-state index contributed by atoms with van der Waals surface area (Å²) in [7, 11) is -4.15. The molecule has 0 saturated heterocycles. The summed E-state index contributed by atoms with van der Waals surface area (Å²) in [5.74, 6) is -0.531. The topological polar surface area (TPSA) is 63.7 Å². The third-order valence-electron chi connectivity index (χ3n) is 4.30. The Morgan fingerprint density at radius 3 is 2.03 bits per heavy atom. The zero-order valence-electron chi connectivity index (χ0n) is 16.3. The van der Waals surface area contributed by atoms with E-state index in [0.717, 1.165) is 15.4 Å². The Bertz CT molecular complexity index is 1160. The van der Waals surface area contributed by atoms with Gasteiger partial charge in [0.2, 0.25) is 0 Å². The van der Waals surface area contributed by atoms with Gasteiger partial charge in [-0.2, -0.15) is 4.31 Å². The molecule has 0 N–H and O–H groups in total. The van der Waals surface area contributed by atoms with Crippen LogP contribution in [0, 0.1) is 13.8 Å². The molecule has 3 aromatic rings. The summed E-state index contributed by atoms with van der Waals surface area (Å²) in [6, 6.07) is 17.5. The summed E-state index contributed by atoms with van der Waals surface area (Å²) < 4.78 is 32.8. The fourth-order valence-electron chi connectivity index (χ4n) is 2.70. The lowest BCUT2D eigenvalue weighted by Gasteiger charge is -2.23. The van der Waals surface area contributed by atoms with Crippen LogP contribution >= 0.6 is 23.2 Å². The number of ether oxygens (including phenoxy) is 1. The number of nitrogens with zero attached hydrogens (tertiary/aromatic N) is 1. The second-order valence-corrected chi connectivity index (χ2v) is 9.31. The summed E-state index contributed by atoms with van der Waals surface area (Å²) in [5, 5.41) is 0.639. The maximum absolute atomic E-state index is 13.3. The van der Waals surface area contributed by atoms with Gasteiger partial charge in [0, 0.05) is 5.02 Å². The molecule has 0 heterocycles. The standard InChI is InChI=1S/C22H19Cl2NO4S/c1-15-3-8-18(9-4-15)25(30(27,28)19-10-5-16(2)6-11-19)22(26)14-29-21-12-7-17(23)13-20(21)24/h3-13H,14H2,1-2H3. The molecule has 0 atom stereocenters. The number of anilines is 1. The monoisotopic (exact) mass is 463 g/mol. The molecule has 156 valence electrons. The van der Waals surface area contributed by atoms with Crippen LogP contribution < -0.4 is 9.04 Å². The molecule has 0 radical (unpaired) electrons. The van der Waals surface area contributed by atoms with Crippen molar-refractivity contribution in [2.24, 2.45) is 0 Å². The predicted molar refractivity (Wildman–Crippen MR) is 119 cm³/mol.